The molecule has 0 unspecified atom stereocenters. The van der Waals surface area contributed by atoms with E-state index in [9.17, 15) is 9.59 Å². The first-order valence-corrected chi connectivity index (χ1v) is 8.80. The van der Waals surface area contributed by atoms with Gasteiger partial charge in [0.15, 0.2) is 5.76 Å². The normalized spacial score (nSPS) is 11.0. The van der Waals surface area contributed by atoms with E-state index in [1.807, 2.05) is 37.3 Å². The van der Waals surface area contributed by atoms with Crippen molar-refractivity contribution in [1.82, 2.24) is 9.66 Å². The summed E-state index contributed by atoms with van der Waals surface area (Å²) >= 11 is 1.46. The Balaban J connectivity index is 1.82. The minimum atomic E-state index is -0.505. The Morgan fingerprint density at radius 3 is 2.62 bits per heavy atom. The zero-order chi connectivity index (χ0) is 18.3. The van der Waals surface area contributed by atoms with Gasteiger partial charge < -0.3 is 4.42 Å². The molecule has 4 aromatic rings. The van der Waals surface area contributed by atoms with Crippen LogP contribution in [0.5, 0.6) is 0 Å². The highest BCUT2D eigenvalue weighted by Crippen LogP contribution is 2.35. The van der Waals surface area contributed by atoms with E-state index in [1.165, 1.54) is 17.7 Å². The highest BCUT2D eigenvalue weighted by atomic mass is 32.1. The third-order valence-corrected chi connectivity index (χ3v) is 5.05. The lowest BCUT2D eigenvalue weighted by atomic mass is 10.0. The molecule has 26 heavy (non-hydrogen) atoms. The largest absolute Gasteiger partial charge is 0.456 e. The van der Waals surface area contributed by atoms with Gasteiger partial charge in [-0.2, -0.15) is 0 Å². The third kappa shape index (κ3) is 2.72. The lowest BCUT2D eigenvalue weighted by Crippen LogP contribution is -2.33. The van der Waals surface area contributed by atoms with Crippen molar-refractivity contribution in [3.8, 4) is 11.1 Å². The average molecular weight is 365 g/mol. The number of aromatic nitrogens is 2. The Bertz CT molecular complexity index is 1170. The lowest BCUT2D eigenvalue weighted by Gasteiger charge is -2.07. The van der Waals surface area contributed by atoms with Crippen LogP contribution in [-0.4, -0.2) is 15.6 Å². The summed E-state index contributed by atoms with van der Waals surface area (Å²) in [6, 6.07) is 12.9. The monoisotopic (exact) mass is 365 g/mol. The molecule has 1 amide bonds. The van der Waals surface area contributed by atoms with Crippen molar-refractivity contribution < 1.29 is 9.21 Å². The van der Waals surface area contributed by atoms with Crippen molar-refractivity contribution in [3.63, 3.8) is 0 Å². The molecule has 130 valence electrons. The van der Waals surface area contributed by atoms with Gasteiger partial charge >= 0.3 is 5.91 Å². The molecule has 1 N–H and O–H groups in total. The summed E-state index contributed by atoms with van der Waals surface area (Å²) in [5.74, 6) is 0.254. The second-order valence-electron chi connectivity index (χ2n) is 5.85. The first-order chi connectivity index (χ1) is 12.5. The lowest BCUT2D eigenvalue weighted by molar-refractivity contribution is 0.0979. The average Bonchev–Trinajstić information content (AvgIpc) is 3.21. The van der Waals surface area contributed by atoms with Gasteiger partial charge in [0.25, 0.3) is 5.56 Å². The van der Waals surface area contributed by atoms with Crippen LogP contribution in [0.4, 0.5) is 0 Å². The molecule has 3 heterocycles. The third-order valence-electron chi connectivity index (χ3n) is 4.04. The predicted molar refractivity (Wildman–Crippen MR) is 101 cm³/mol. The quantitative estimate of drug-likeness (QED) is 0.600. The van der Waals surface area contributed by atoms with Gasteiger partial charge in [-0.15, -0.1) is 11.3 Å². The molecule has 0 atom stereocenters. The summed E-state index contributed by atoms with van der Waals surface area (Å²) in [4.78, 5) is 31.3. The van der Waals surface area contributed by atoms with E-state index < -0.39 is 5.91 Å². The number of nitrogens with one attached hydrogen (secondary N) is 1. The molecule has 0 aliphatic rings. The number of thiophene rings is 1. The fourth-order valence-electron chi connectivity index (χ4n) is 2.86. The number of hydrogen-bond acceptors (Lipinski definition) is 5. The summed E-state index contributed by atoms with van der Waals surface area (Å²) in [5.41, 5.74) is 4.00. The first-order valence-electron chi connectivity index (χ1n) is 7.98. The molecular formula is C19H15N3O3S. The van der Waals surface area contributed by atoms with Gasteiger partial charge in [0, 0.05) is 10.4 Å². The van der Waals surface area contributed by atoms with Gasteiger partial charge in [-0.1, -0.05) is 30.3 Å². The van der Waals surface area contributed by atoms with Crippen LogP contribution in [0.15, 0.2) is 58.0 Å². The molecule has 0 bridgehead atoms. The number of carbonyl (C=O) groups excluding carboxylic acids is 1. The van der Waals surface area contributed by atoms with E-state index in [0.29, 0.717) is 16.0 Å². The van der Waals surface area contributed by atoms with Gasteiger partial charge in [-0.25, -0.2) is 9.66 Å². The number of rotatable bonds is 3. The molecule has 7 heteroatoms. The van der Waals surface area contributed by atoms with Crippen LogP contribution in [-0.2, 0) is 0 Å². The minimum absolute atomic E-state index is 0.138. The summed E-state index contributed by atoms with van der Waals surface area (Å²) in [5, 5.41) is 0.497. The Labute approximate surface area is 152 Å². The van der Waals surface area contributed by atoms with E-state index >= 15 is 0 Å². The highest BCUT2D eigenvalue weighted by molar-refractivity contribution is 7.19. The number of carbonyl (C=O) groups is 1. The highest BCUT2D eigenvalue weighted by Gasteiger charge is 2.18. The van der Waals surface area contributed by atoms with Crippen LogP contribution in [0, 0.1) is 13.8 Å². The summed E-state index contributed by atoms with van der Waals surface area (Å²) in [6.45, 7) is 3.71. The molecule has 6 nitrogen and oxygen atoms in total. The molecule has 0 fully saturated rings. The summed E-state index contributed by atoms with van der Waals surface area (Å²) in [6.07, 6.45) is 1.32. The van der Waals surface area contributed by atoms with Gasteiger partial charge in [0.2, 0.25) is 0 Å². The number of hydrogen-bond donors (Lipinski definition) is 1. The van der Waals surface area contributed by atoms with Crippen LogP contribution in [0.1, 0.15) is 21.2 Å². The number of amides is 1. The first kappa shape index (κ1) is 16.3. The van der Waals surface area contributed by atoms with Crippen molar-refractivity contribution in [1.29, 1.82) is 0 Å². The molecule has 3 aromatic heterocycles. The fourth-order valence-corrected chi connectivity index (χ4v) is 3.86. The minimum Gasteiger partial charge on any atom is -0.456 e. The van der Waals surface area contributed by atoms with Gasteiger partial charge in [-0.05, 0) is 31.5 Å². The van der Waals surface area contributed by atoms with Crippen LogP contribution in [0.25, 0.3) is 21.3 Å². The zero-order valence-corrected chi connectivity index (χ0v) is 15.0. The Morgan fingerprint density at radius 2 is 1.92 bits per heavy atom. The van der Waals surface area contributed by atoms with Crippen LogP contribution in [0.2, 0.25) is 0 Å². The van der Waals surface area contributed by atoms with E-state index in [-0.39, 0.29) is 11.3 Å². The predicted octanol–water partition coefficient (Wildman–Crippen LogP) is 3.72. The van der Waals surface area contributed by atoms with Crippen molar-refractivity contribution in [3.05, 3.63) is 75.5 Å². The maximum absolute atomic E-state index is 13.0. The molecule has 0 aliphatic carbocycles. The molecule has 0 saturated heterocycles. The second kappa shape index (κ2) is 6.27. The maximum Gasteiger partial charge on any atom is 0.305 e. The second-order valence-corrected chi connectivity index (χ2v) is 7.05. The molecule has 4 rings (SSSR count). The van der Waals surface area contributed by atoms with Crippen molar-refractivity contribution in [2.24, 2.45) is 0 Å². The molecule has 0 spiro atoms. The van der Waals surface area contributed by atoms with Gasteiger partial charge in [0.1, 0.15) is 16.9 Å². The topological polar surface area (TPSA) is 77.1 Å². The SMILES string of the molecule is Cc1ccc(C(=O)Nn2cnc3sc(C)c(-c4ccccc4)c3c2=O)o1. The van der Waals surface area contributed by atoms with E-state index in [0.717, 1.165) is 20.7 Å². The van der Waals surface area contributed by atoms with Crippen LogP contribution < -0.4 is 11.0 Å². The van der Waals surface area contributed by atoms with E-state index in [1.54, 1.807) is 19.1 Å². The summed E-state index contributed by atoms with van der Waals surface area (Å²) < 4.78 is 6.39. The Morgan fingerprint density at radius 1 is 1.15 bits per heavy atom. The van der Waals surface area contributed by atoms with Crippen molar-refractivity contribution >= 4 is 27.5 Å². The number of benzene rings is 1. The molecule has 0 aliphatic heterocycles. The zero-order valence-electron chi connectivity index (χ0n) is 14.1. The molecule has 0 saturated carbocycles. The number of aryl methyl sites for hydroxylation is 2. The van der Waals surface area contributed by atoms with Crippen molar-refractivity contribution in [2.45, 2.75) is 13.8 Å². The van der Waals surface area contributed by atoms with Crippen LogP contribution >= 0.6 is 11.3 Å². The molecule has 1 aromatic carbocycles. The van der Waals surface area contributed by atoms with E-state index in [4.69, 9.17) is 4.42 Å². The Kier molecular flexibility index (Phi) is 3.93. The summed E-state index contributed by atoms with van der Waals surface area (Å²) in [7, 11) is 0. The van der Waals surface area contributed by atoms with Gasteiger partial charge in [0.05, 0.1) is 5.39 Å². The smallest absolute Gasteiger partial charge is 0.305 e. The van der Waals surface area contributed by atoms with Gasteiger partial charge in [-0.3, -0.25) is 15.0 Å². The van der Waals surface area contributed by atoms with Crippen molar-refractivity contribution in [2.75, 3.05) is 5.43 Å². The standard InChI is InChI=1S/C19H15N3O3S/c1-11-8-9-14(25-11)17(23)21-22-10-20-18-16(19(22)24)15(12(2)26-18)13-6-4-3-5-7-13/h3-10H,1-2H3,(H,21,23). The van der Waals surface area contributed by atoms with Crippen LogP contribution in [0.3, 0.4) is 0 Å². The number of nitrogens with zero attached hydrogens (tertiary/aromatic N) is 2. The maximum atomic E-state index is 13.0. The number of furan rings is 1. The Hall–Kier alpha value is -3.19. The fraction of sp³-hybridized carbons (Fsp3) is 0.105. The van der Waals surface area contributed by atoms with E-state index in [2.05, 4.69) is 10.4 Å². The number of fused-ring (bicyclic) bond motifs is 1. The molecule has 0 radical (unpaired) electrons. The molecular weight excluding hydrogens is 350 g/mol.